The molecule has 0 radical (unpaired) electrons. The molecule has 0 amide bonds. The number of ether oxygens (including phenoxy) is 1. The fraction of sp³-hybridized carbons (Fsp3) is 0.550. The number of carbonyl (C=O) groups is 1. The molecule has 0 unspecified atom stereocenters. The van der Waals surface area contributed by atoms with Crippen LogP contribution in [0.1, 0.15) is 25.3 Å². The molecule has 2 bridgehead atoms. The van der Waals surface area contributed by atoms with Crippen LogP contribution in [0.4, 0.5) is 5.69 Å². The Morgan fingerprint density at radius 1 is 1.35 bits per heavy atom. The van der Waals surface area contributed by atoms with Crippen LogP contribution in [0.25, 0.3) is 0 Å². The van der Waals surface area contributed by atoms with Crippen LogP contribution in [0.5, 0.6) is 0 Å². The summed E-state index contributed by atoms with van der Waals surface area (Å²) in [4.78, 5) is 16.9. The summed E-state index contributed by atoms with van der Waals surface area (Å²) in [6.07, 6.45) is 3.16. The van der Waals surface area contributed by atoms with Gasteiger partial charge in [0, 0.05) is 30.3 Å². The molecule has 4 aliphatic rings. The number of aliphatic hydroxyl groups is 2. The lowest BCUT2D eigenvalue weighted by molar-refractivity contribution is -0.236. The average Bonchev–Trinajstić information content (AvgIpc) is 2.86. The Balaban J connectivity index is 1.80. The largest absolute Gasteiger partial charge is 0.467 e. The van der Waals surface area contributed by atoms with E-state index >= 15 is 0 Å². The molecule has 3 fully saturated rings. The smallest absolute Gasteiger partial charge is 0.329 e. The molecule has 0 saturated carbocycles. The van der Waals surface area contributed by atoms with Crippen LogP contribution in [0.15, 0.2) is 35.9 Å². The Bertz CT molecular complexity index is 824. The van der Waals surface area contributed by atoms with Gasteiger partial charge in [-0.05, 0) is 25.8 Å². The van der Waals surface area contributed by atoms with E-state index in [0.717, 1.165) is 18.8 Å². The van der Waals surface area contributed by atoms with Crippen molar-refractivity contribution in [3.63, 3.8) is 0 Å². The zero-order valence-corrected chi connectivity index (χ0v) is 15.1. The van der Waals surface area contributed by atoms with E-state index in [-0.39, 0.29) is 17.9 Å². The fourth-order valence-electron chi connectivity index (χ4n) is 5.90. The van der Waals surface area contributed by atoms with Gasteiger partial charge in [-0.25, -0.2) is 4.79 Å². The summed E-state index contributed by atoms with van der Waals surface area (Å²) in [5, 5.41) is 23.6. The standard InChI is InChI=1S/C20H24N2O4/c1-3-12-11-21-9-8-19(24)14-6-4-5-7-15(14)22-17(18(23)26-2)13(12)10-16(21)20(19,22)25/h3-7,13,16-17,24-25H,8-11H2,1-2H3/t13-,16-,17-,19-,20+/m0/s1. The van der Waals surface area contributed by atoms with Gasteiger partial charge in [0.1, 0.15) is 11.6 Å². The second-order valence-electron chi connectivity index (χ2n) is 7.88. The molecule has 26 heavy (non-hydrogen) atoms. The molecular weight excluding hydrogens is 332 g/mol. The van der Waals surface area contributed by atoms with E-state index in [4.69, 9.17) is 4.74 Å². The zero-order valence-electron chi connectivity index (χ0n) is 15.1. The molecule has 4 heterocycles. The van der Waals surface area contributed by atoms with Crippen molar-refractivity contribution in [2.45, 2.75) is 43.2 Å². The number of rotatable bonds is 1. The number of methoxy groups -OCH3 is 1. The maximum atomic E-state index is 12.8. The van der Waals surface area contributed by atoms with E-state index in [9.17, 15) is 15.0 Å². The van der Waals surface area contributed by atoms with Crippen LogP contribution in [-0.4, -0.2) is 59.1 Å². The molecular formula is C20H24N2O4. The molecule has 5 rings (SSSR count). The quantitative estimate of drug-likeness (QED) is 0.577. The number of nitrogens with zero attached hydrogens (tertiary/aromatic N) is 2. The summed E-state index contributed by atoms with van der Waals surface area (Å²) in [5.41, 5.74) is -0.250. The van der Waals surface area contributed by atoms with Gasteiger partial charge in [-0.3, -0.25) is 4.90 Å². The highest BCUT2D eigenvalue weighted by atomic mass is 16.5. The topological polar surface area (TPSA) is 73.2 Å². The molecule has 0 spiro atoms. The fourth-order valence-corrected chi connectivity index (χ4v) is 5.90. The molecule has 0 aromatic heterocycles. The number of hydrogen-bond donors (Lipinski definition) is 2. The monoisotopic (exact) mass is 356 g/mol. The highest BCUT2D eigenvalue weighted by Gasteiger charge is 2.73. The Labute approximate surface area is 152 Å². The maximum Gasteiger partial charge on any atom is 0.329 e. The SMILES string of the molecule is CC=C1CN2CC[C@]3(O)c4ccccc4N4[C@H](C(=O)OC)[C@H]1C[C@H]2[C@]43O. The van der Waals surface area contributed by atoms with E-state index in [0.29, 0.717) is 18.4 Å². The van der Waals surface area contributed by atoms with E-state index < -0.39 is 17.4 Å². The van der Waals surface area contributed by atoms with Gasteiger partial charge >= 0.3 is 5.97 Å². The lowest BCUT2D eigenvalue weighted by atomic mass is 9.65. The summed E-state index contributed by atoms with van der Waals surface area (Å²) in [6, 6.07) is 6.67. The number of hydrogen-bond acceptors (Lipinski definition) is 6. The van der Waals surface area contributed by atoms with E-state index in [1.807, 2.05) is 31.2 Å². The number of benzene rings is 1. The third-order valence-corrected chi connectivity index (χ3v) is 7.06. The average molecular weight is 356 g/mol. The molecule has 1 aromatic rings. The number of piperidine rings is 3. The van der Waals surface area contributed by atoms with Gasteiger partial charge in [0.05, 0.1) is 13.2 Å². The summed E-state index contributed by atoms with van der Waals surface area (Å²) in [7, 11) is 1.39. The second kappa shape index (κ2) is 5.09. The zero-order chi connectivity index (χ0) is 18.3. The summed E-state index contributed by atoms with van der Waals surface area (Å²) in [6.45, 7) is 3.45. The van der Waals surface area contributed by atoms with Crippen LogP contribution in [-0.2, 0) is 15.1 Å². The van der Waals surface area contributed by atoms with Crippen LogP contribution in [0.3, 0.4) is 0 Å². The molecule has 2 N–H and O–H groups in total. The third kappa shape index (κ3) is 1.61. The lowest BCUT2D eigenvalue weighted by Crippen LogP contribution is -2.80. The second-order valence-corrected chi connectivity index (χ2v) is 7.88. The molecule has 138 valence electrons. The van der Waals surface area contributed by atoms with Crippen molar-refractivity contribution in [2.75, 3.05) is 25.1 Å². The molecule has 6 nitrogen and oxygen atoms in total. The Kier molecular flexibility index (Phi) is 3.19. The molecule has 3 saturated heterocycles. The van der Waals surface area contributed by atoms with Crippen LogP contribution in [0.2, 0.25) is 0 Å². The molecule has 4 aliphatic heterocycles. The van der Waals surface area contributed by atoms with Crippen LogP contribution in [0, 0.1) is 5.92 Å². The minimum absolute atomic E-state index is 0.0255. The van der Waals surface area contributed by atoms with Gasteiger partial charge < -0.3 is 19.8 Å². The van der Waals surface area contributed by atoms with Crippen molar-refractivity contribution in [3.05, 3.63) is 41.5 Å². The van der Waals surface area contributed by atoms with E-state index in [1.165, 1.54) is 12.7 Å². The first-order valence-corrected chi connectivity index (χ1v) is 9.28. The predicted molar refractivity (Wildman–Crippen MR) is 95.4 cm³/mol. The van der Waals surface area contributed by atoms with Gasteiger partial charge in [-0.1, -0.05) is 29.8 Å². The number of anilines is 1. The first-order chi connectivity index (χ1) is 12.5. The normalized spacial score (nSPS) is 41.9. The summed E-state index contributed by atoms with van der Waals surface area (Å²) in [5.74, 6) is -0.387. The number of fused-ring (bicyclic) bond motifs is 4. The summed E-state index contributed by atoms with van der Waals surface area (Å²) >= 11 is 0. The molecule has 6 heteroatoms. The third-order valence-electron chi connectivity index (χ3n) is 7.06. The van der Waals surface area contributed by atoms with Gasteiger partial charge in [0.25, 0.3) is 0 Å². The highest BCUT2D eigenvalue weighted by molar-refractivity contribution is 5.85. The first kappa shape index (κ1) is 16.3. The number of para-hydroxylation sites is 1. The first-order valence-electron chi connectivity index (χ1n) is 9.28. The number of carbonyl (C=O) groups excluding carboxylic acids is 1. The van der Waals surface area contributed by atoms with E-state index in [1.54, 1.807) is 4.90 Å². The maximum absolute atomic E-state index is 12.8. The van der Waals surface area contributed by atoms with Crippen molar-refractivity contribution in [3.8, 4) is 0 Å². The van der Waals surface area contributed by atoms with Crippen molar-refractivity contribution in [2.24, 2.45) is 5.92 Å². The number of allylic oxidation sites excluding steroid dienone is 1. The minimum atomic E-state index is -1.52. The summed E-state index contributed by atoms with van der Waals surface area (Å²) < 4.78 is 5.14. The Hall–Kier alpha value is -1.89. The van der Waals surface area contributed by atoms with Gasteiger partial charge in [0.15, 0.2) is 5.72 Å². The van der Waals surface area contributed by atoms with E-state index in [2.05, 4.69) is 11.0 Å². The predicted octanol–water partition coefficient (Wildman–Crippen LogP) is 0.978. The van der Waals surface area contributed by atoms with Crippen molar-refractivity contribution in [1.29, 1.82) is 0 Å². The minimum Gasteiger partial charge on any atom is -0.467 e. The number of esters is 1. The van der Waals surface area contributed by atoms with Gasteiger partial charge in [0.2, 0.25) is 0 Å². The van der Waals surface area contributed by atoms with Gasteiger partial charge in [-0.2, -0.15) is 0 Å². The molecule has 5 atom stereocenters. The Morgan fingerprint density at radius 3 is 2.85 bits per heavy atom. The van der Waals surface area contributed by atoms with Gasteiger partial charge in [-0.15, -0.1) is 0 Å². The van der Waals surface area contributed by atoms with Crippen LogP contribution < -0.4 is 4.90 Å². The van der Waals surface area contributed by atoms with Crippen molar-refractivity contribution < 1.29 is 19.7 Å². The Morgan fingerprint density at radius 2 is 2.12 bits per heavy atom. The molecule has 0 aliphatic carbocycles. The van der Waals surface area contributed by atoms with Crippen molar-refractivity contribution in [1.82, 2.24) is 4.90 Å². The highest BCUT2D eigenvalue weighted by Crippen LogP contribution is 2.61. The van der Waals surface area contributed by atoms with Crippen molar-refractivity contribution >= 4 is 11.7 Å². The molecule has 1 aromatic carbocycles. The lowest BCUT2D eigenvalue weighted by Gasteiger charge is -2.63. The van der Waals surface area contributed by atoms with Crippen LogP contribution >= 0.6 is 0 Å².